The van der Waals surface area contributed by atoms with Gasteiger partial charge in [0.1, 0.15) is 16.7 Å². The van der Waals surface area contributed by atoms with Crippen molar-refractivity contribution < 1.29 is 28.9 Å². The summed E-state index contributed by atoms with van der Waals surface area (Å²) in [4.78, 5) is 19.5. The fourth-order valence-electron chi connectivity index (χ4n) is 14.7. The van der Waals surface area contributed by atoms with Crippen LogP contribution in [0.4, 0.5) is 0 Å². The molecule has 0 saturated heterocycles. The predicted octanol–water partition coefficient (Wildman–Crippen LogP) is 23.3. The SMILES string of the molecule is CC(C)c1cc(-c2ccc3c(c2)oc2ccccc23)cc(C(C)C)c1-n1ccnc1-c1[c-]ccc2c1oc1c3ccc(-c4ccccc4)cc3ccc21.[Ir+3].[c-]1ccc(-c2cccc3c2n2c4cc(Cc5cccnc5-c5[c-]cccc5)ccc4nc2n3-c2ccccc2)cc1-c1ccccn1. The van der Waals surface area contributed by atoms with Gasteiger partial charge in [-0.15, -0.1) is 83.9 Å². The molecule has 0 amide bonds. The minimum absolute atomic E-state index is 0. The van der Waals surface area contributed by atoms with Gasteiger partial charge in [-0.2, -0.15) is 0 Å². The number of pyridine rings is 2. The van der Waals surface area contributed by atoms with E-state index < -0.39 is 0 Å². The summed E-state index contributed by atoms with van der Waals surface area (Å²) >= 11 is 0. The molecule has 0 fully saturated rings. The van der Waals surface area contributed by atoms with Crippen LogP contribution in [0.2, 0.25) is 0 Å². The molecule has 10 heteroatoms. The van der Waals surface area contributed by atoms with Crippen molar-refractivity contribution >= 4 is 82.5 Å². The summed E-state index contributed by atoms with van der Waals surface area (Å²) in [5.41, 5.74) is 26.4. The molecule has 0 bridgehead atoms. The molecule has 0 saturated carbocycles. The molecule has 0 N–H and O–H groups in total. The van der Waals surface area contributed by atoms with E-state index >= 15 is 0 Å². The second-order valence-electron chi connectivity index (χ2n) is 26.3. The van der Waals surface area contributed by atoms with Gasteiger partial charge in [-0.1, -0.05) is 183 Å². The van der Waals surface area contributed by atoms with Gasteiger partial charge >= 0.3 is 20.1 Å². The maximum atomic E-state index is 6.85. The van der Waals surface area contributed by atoms with Crippen molar-refractivity contribution in [3.8, 4) is 78.7 Å². The molecule has 0 aliphatic heterocycles. The van der Waals surface area contributed by atoms with E-state index in [1.165, 1.54) is 33.4 Å². The number of para-hydroxylation sites is 3. The molecule has 12 aromatic carbocycles. The fourth-order valence-corrected chi connectivity index (χ4v) is 14.7. The van der Waals surface area contributed by atoms with Crippen molar-refractivity contribution in [2.45, 2.75) is 46.0 Å². The average Bonchev–Trinajstić information content (AvgIpc) is 1.56. The topological polar surface area (TPSA) is 92.1 Å². The molecule has 7 aromatic heterocycles. The van der Waals surface area contributed by atoms with Gasteiger partial charge in [0.2, 0.25) is 5.78 Å². The molecule has 19 rings (SSSR count). The van der Waals surface area contributed by atoms with Crippen molar-refractivity contribution in [1.82, 2.24) is 33.5 Å². The minimum atomic E-state index is 0. The van der Waals surface area contributed by atoms with E-state index in [1.54, 1.807) is 0 Å². The molecular weight excluding hydrogens is 1420 g/mol. The summed E-state index contributed by atoms with van der Waals surface area (Å²) in [5.74, 6) is 2.20. The molecular formula is C91H64IrN7O2. The van der Waals surface area contributed by atoms with Crippen LogP contribution in [0.1, 0.15) is 61.8 Å². The van der Waals surface area contributed by atoms with Crippen molar-refractivity contribution in [1.29, 1.82) is 0 Å². The zero-order valence-electron chi connectivity index (χ0n) is 55.9. The molecule has 101 heavy (non-hydrogen) atoms. The maximum Gasteiger partial charge on any atom is 3.00 e. The number of imidazole rings is 3. The normalized spacial score (nSPS) is 11.7. The van der Waals surface area contributed by atoms with E-state index in [0.717, 1.165) is 156 Å². The van der Waals surface area contributed by atoms with Crippen LogP contribution < -0.4 is 0 Å². The number of benzene rings is 12. The Balaban J connectivity index is 0.000000150. The third kappa shape index (κ3) is 11.1. The molecule has 0 unspecified atom stereocenters. The first-order valence-electron chi connectivity index (χ1n) is 34.1. The number of nitrogens with zero attached hydrogens (tertiary/aromatic N) is 7. The molecule has 9 nitrogen and oxygen atoms in total. The van der Waals surface area contributed by atoms with E-state index in [-0.39, 0.29) is 31.9 Å². The number of hydrogen-bond acceptors (Lipinski definition) is 6. The van der Waals surface area contributed by atoms with Gasteiger partial charge in [0.05, 0.1) is 33.5 Å². The average molecular weight is 1480 g/mol. The zero-order valence-corrected chi connectivity index (χ0v) is 58.3. The Morgan fingerprint density at radius 3 is 2.00 bits per heavy atom. The largest absolute Gasteiger partial charge is 3.00 e. The molecule has 0 aliphatic carbocycles. The number of aromatic nitrogens is 7. The summed E-state index contributed by atoms with van der Waals surface area (Å²) in [5, 5.41) is 6.66. The molecule has 19 aromatic rings. The van der Waals surface area contributed by atoms with Crippen molar-refractivity contribution in [2.75, 3.05) is 0 Å². The Kier molecular flexibility index (Phi) is 16.1. The maximum absolute atomic E-state index is 6.85. The Labute approximate surface area is 597 Å². The third-order valence-electron chi connectivity index (χ3n) is 19.4. The Morgan fingerprint density at radius 2 is 1.19 bits per heavy atom. The number of hydrogen-bond donors (Lipinski definition) is 0. The van der Waals surface area contributed by atoms with Crippen LogP contribution in [0, 0.1) is 18.2 Å². The first-order chi connectivity index (χ1) is 49.2. The number of fused-ring (bicyclic) bond motifs is 13. The Hall–Kier alpha value is -12.1. The van der Waals surface area contributed by atoms with Crippen LogP contribution in [-0.2, 0) is 26.5 Å². The van der Waals surface area contributed by atoms with E-state index in [4.69, 9.17) is 23.8 Å². The summed E-state index contributed by atoms with van der Waals surface area (Å²) in [6, 6.07) is 103. The van der Waals surface area contributed by atoms with Crippen molar-refractivity contribution in [2.24, 2.45) is 0 Å². The van der Waals surface area contributed by atoms with E-state index in [0.29, 0.717) is 0 Å². The van der Waals surface area contributed by atoms with E-state index in [9.17, 15) is 0 Å². The van der Waals surface area contributed by atoms with E-state index in [1.807, 2.05) is 91.4 Å². The molecule has 0 atom stereocenters. The molecule has 7 heterocycles. The van der Waals surface area contributed by atoms with Gasteiger partial charge in [-0.3, -0.25) is 14.0 Å². The van der Waals surface area contributed by atoms with Gasteiger partial charge in [0, 0.05) is 57.7 Å². The van der Waals surface area contributed by atoms with Gasteiger partial charge in [0.25, 0.3) is 0 Å². The van der Waals surface area contributed by atoms with Gasteiger partial charge in [-0.05, 0) is 158 Å². The van der Waals surface area contributed by atoms with Crippen LogP contribution in [0.3, 0.4) is 0 Å². The van der Waals surface area contributed by atoms with Crippen LogP contribution in [0.25, 0.3) is 161 Å². The smallest absolute Gasteiger partial charge is 0.500 e. The summed E-state index contributed by atoms with van der Waals surface area (Å²) < 4.78 is 20.0. The summed E-state index contributed by atoms with van der Waals surface area (Å²) in [6.45, 7) is 9.08. The van der Waals surface area contributed by atoms with Crippen molar-refractivity contribution in [3.05, 3.63) is 332 Å². The summed E-state index contributed by atoms with van der Waals surface area (Å²) in [6.07, 6.45) is 8.38. The van der Waals surface area contributed by atoms with Gasteiger partial charge in [0.15, 0.2) is 0 Å². The Bertz CT molecular complexity index is 6290. The standard InChI is InChI=1S/C49H37N2O2.C42H27N5.Ir/c1-29(2)42-26-35(33-18-21-38-37-13-8-9-16-44(37)52-45(38)28-33)27-43(30(3)4)46(42)51-24-23-50-49(51)41-15-10-14-39-40-22-19-34-25-32(31-11-6-5-7-12-31)17-20-36(34)47(40)53-48(39)41;1-3-12-30(13-4-1)40-33(16-11-25-44-40)26-29-22-23-37-39(27-29)47-41-35(31-14-9-15-32(28-31)36-20-7-8-24-43-36)19-10-21-38(41)46(42(47)45-37)34-17-5-2-6-18-34;/h5-14,16-30H,1-4H3;1-12,14,16-25,27-28H,26H2;/q-1;-2;+3. The second kappa shape index (κ2) is 26.0. The predicted molar refractivity (Wildman–Crippen MR) is 407 cm³/mol. The number of furan rings is 2. The van der Waals surface area contributed by atoms with E-state index in [2.05, 4.69) is 265 Å². The molecule has 484 valence electrons. The van der Waals surface area contributed by atoms with Crippen LogP contribution in [-0.4, -0.2) is 33.5 Å². The Morgan fingerprint density at radius 1 is 0.455 bits per heavy atom. The van der Waals surface area contributed by atoms with Crippen LogP contribution >= 0.6 is 0 Å². The second-order valence-corrected chi connectivity index (χ2v) is 26.3. The van der Waals surface area contributed by atoms with Gasteiger partial charge in [-0.25, -0.2) is 4.98 Å². The quantitative estimate of drug-likeness (QED) is 0.113. The first-order valence-corrected chi connectivity index (χ1v) is 34.1. The first kappa shape index (κ1) is 62.4. The monoisotopic (exact) mass is 1480 g/mol. The van der Waals surface area contributed by atoms with Crippen molar-refractivity contribution in [3.63, 3.8) is 0 Å². The molecule has 0 radical (unpaired) electrons. The van der Waals surface area contributed by atoms with Crippen LogP contribution in [0.15, 0.2) is 301 Å². The fraction of sp³-hybridized carbons (Fsp3) is 0.0769. The molecule has 0 spiro atoms. The van der Waals surface area contributed by atoms with Gasteiger partial charge < -0.3 is 23.4 Å². The third-order valence-corrected chi connectivity index (χ3v) is 19.4. The minimum Gasteiger partial charge on any atom is -0.500 e. The molecule has 0 aliphatic rings. The zero-order chi connectivity index (χ0) is 67.0. The van der Waals surface area contributed by atoms with Crippen LogP contribution in [0.5, 0.6) is 0 Å². The summed E-state index contributed by atoms with van der Waals surface area (Å²) in [7, 11) is 0. The number of rotatable bonds is 12.